The summed E-state index contributed by atoms with van der Waals surface area (Å²) in [6.45, 7) is 4.48. The highest BCUT2D eigenvalue weighted by atomic mass is 16.5. The molecule has 1 N–H and O–H groups in total. The molecule has 4 heteroatoms. The Morgan fingerprint density at radius 2 is 2.00 bits per heavy atom. The van der Waals surface area contributed by atoms with Crippen molar-refractivity contribution >= 4 is 0 Å². The highest BCUT2D eigenvalue weighted by Crippen LogP contribution is 2.32. The van der Waals surface area contributed by atoms with Crippen molar-refractivity contribution < 1.29 is 13.9 Å². The van der Waals surface area contributed by atoms with Crippen LogP contribution in [0.3, 0.4) is 0 Å². The molecule has 1 aliphatic heterocycles. The van der Waals surface area contributed by atoms with Crippen molar-refractivity contribution in [2.75, 3.05) is 19.8 Å². The van der Waals surface area contributed by atoms with Gasteiger partial charge >= 0.3 is 0 Å². The van der Waals surface area contributed by atoms with Gasteiger partial charge < -0.3 is 19.2 Å². The Labute approximate surface area is 125 Å². The third kappa shape index (κ3) is 3.58. The van der Waals surface area contributed by atoms with E-state index in [9.17, 15) is 0 Å². The summed E-state index contributed by atoms with van der Waals surface area (Å²) in [6.07, 6.45) is 3.53. The molecule has 1 atom stereocenters. The van der Waals surface area contributed by atoms with Gasteiger partial charge in [0.05, 0.1) is 19.5 Å². The molecule has 21 heavy (non-hydrogen) atoms. The number of hydrogen-bond donors (Lipinski definition) is 1. The minimum atomic E-state index is 0.261. The summed E-state index contributed by atoms with van der Waals surface area (Å²) in [6, 6.07) is 10.4. The zero-order valence-corrected chi connectivity index (χ0v) is 12.3. The van der Waals surface area contributed by atoms with Gasteiger partial charge in [0, 0.05) is 25.4 Å². The van der Waals surface area contributed by atoms with Crippen LogP contribution in [0.4, 0.5) is 0 Å². The molecule has 1 aromatic carbocycles. The second-order valence-electron chi connectivity index (χ2n) is 5.26. The standard InChI is InChI=1S/C17H21NO3/c1-13(18-8-7-15-4-2-9-19-15)14-5-6-16-17(12-14)21-11-3-10-20-16/h2,4-6,9,12-13,18H,3,7-8,10-11H2,1H3. The van der Waals surface area contributed by atoms with Gasteiger partial charge in [-0.15, -0.1) is 0 Å². The van der Waals surface area contributed by atoms with Crippen LogP contribution in [-0.2, 0) is 6.42 Å². The van der Waals surface area contributed by atoms with Crippen LogP contribution < -0.4 is 14.8 Å². The minimum absolute atomic E-state index is 0.261. The van der Waals surface area contributed by atoms with Crippen LogP contribution in [0.2, 0.25) is 0 Å². The first-order valence-electron chi connectivity index (χ1n) is 7.48. The Hall–Kier alpha value is -1.94. The fraction of sp³-hybridized carbons (Fsp3) is 0.412. The van der Waals surface area contributed by atoms with Gasteiger partial charge in [-0.2, -0.15) is 0 Å². The van der Waals surface area contributed by atoms with Crippen molar-refractivity contribution in [3.05, 3.63) is 47.9 Å². The molecule has 1 aliphatic rings. The highest BCUT2D eigenvalue weighted by Gasteiger charge is 2.13. The van der Waals surface area contributed by atoms with Gasteiger partial charge in [0.1, 0.15) is 5.76 Å². The lowest BCUT2D eigenvalue weighted by atomic mass is 10.1. The normalized spacial score (nSPS) is 15.5. The number of hydrogen-bond acceptors (Lipinski definition) is 4. The smallest absolute Gasteiger partial charge is 0.161 e. The average molecular weight is 287 g/mol. The van der Waals surface area contributed by atoms with Crippen molar-refractivity contribution in [3.63, 3.8) is 0 Å². The van der Waals surface area contributed by atoms with Crippen LogP contribution in [0.15, 0.2) is 41.0 Å². The molecule has 0 spiro atoms. The Bertz CT molecular complexity index is 565. The van der Waals surface area contributed by atoms with E-state index in [0.717, 1.165) is 49.9 Å². The van der Waals surface area contributed by atoms with E-state index in [4.69, 9.17) is 13.9 Å². The molecule has 4 nitrogen and oxygen atoms in total. The molecule has 0 aliphatic carbocycles. The molecule has 1 unspecified atom stereocenters. The maximum Gasteiger partial charge on any atom is 0.161 e. The van der Waals surface area contributed by atoms with Crippen LogP contribution in [0.5, 0.6) is 11.5 Å². The summed E-state index contributed by atoms with van der Waals surface area (Å²) in [5, 5.41) is 3.50. The summed E-state index contributed by atoms with van der Waals surface area (Å²) in [4.78, 5) is 0. The first kappa shape index (κ1) is 14.0. The molecule has 0 fully saturated rings. The van der Waals surface area contributed by atoms with E-state index in [-0.39, 0.29) is 6.04 Å². The van der Waals surface area contributed by atoms with Crippen molar-refractivity contribution in [1.82, 2.24) is 5.32 Å². The van der Waals surface area contributed by atoms with E-state index in [1.165, 1.54) is 5.56 Å². The maximum atomic E-state index is 5.73. The third-order valence-electron chi connectivity index (χ3n) is 3.67. The molecular formula is C17H21NO3. The van der Waals surface area contributed by atoms with Gasteiger partial charge in [0.25, 0.3) is 0 Å². The molecule has 2 heterocycles. The number of furan rings is 1. The van der Waals surface area contributed by atoms with Crippen LogP contribution in [-0.4, -0.2) is 19.8 Å². The molecule has 2 aromatic rings. The Kier molecular flexibility index (Phi) is 4.46. The van der Waals surface area contributed by atoms with E-state index in [1.54, 1.807) is 6.26 Å². The fourth-order valence-corrected chi connectivity index (χ4v) is 2.43. The Morgan fingerprint density at radius 1 is 1.14 bits per heavy atom. The first-order chi connectivity index (χ1) is 10.3. The van der Waals surface area contributed by atoms with E-state index >= 15 is 0 Å². The van der Waals surface area contributed by atoms with Crippen LogP contribution in [0.25, 0.3) is 0 Å². The van der Waals surface area contributed by atoms with Crippen LogP contribution in [0.1, 0.15) is 30.7 Å². The molecule has 0 bridgehead atoms. The summed E-state index contributed by atoms with van der Waals surface area (Å²) in [5.74, 6) is 2.71. The monoisotopic (exact) mass is 287 g/mol. The van der Waals surface area contributed by atoms with Crippen LogP contribution in [0, 0.1) is 0 Å². The van der Waals surface area contributed by atoms with Gasteiger partial charge in [0.2, 0.25) is 0 Å². The second-order valence-corrected chi connectivity index (χ2v) is 5.26. The topological polar surface area (TPSA) is 43.6 Å². The lowest BCUT2D eigenvalue weighted by Crippen LogP contribution is -2.21. The highest BCUT2D eigenvalue weighted by molar-refractivity contribution is 5.44. The van der Waals surface area contributed by atoms with Crippen LogP contribution >= 0.6 is 0 Å². The largest absolute Gasteiger partial charge is 0.490 e. The lowest BCUT2D eigenvalue weighted by Gasteiger charge is -2.16. The van der Waals surface area contributed by atoms with Gasteiger partial charge in [-0.3, -0.25) is 0 Å². The second kappa shape index (κ2) is 6.68. The molecule has 3 rings (SSSR count). The SMILES string of the molecule is CC(NCCc1ccco1)c1ccc2c(c1)OCCCO2. The van der Waals surface area contributed by atoms with Gasteiger partial charge in [-0.1, -0.05) is 6.07 Å². The zero-order valence-electron chi connectivity index (χ0n) is 12.3. The number of benzene rings is 1. The molecule has 1 aromatic heterocycles. The zero-order chi connectivity index (χ0) is 14.5. The summed E-state index contributed by atoms with van der Waals surface area (Å²) in [5.41, 5.74) is 1.21. The first-order valence-corrected chi connectivity index (χ1v) is 7.48. The van der Waals surface area contributed by atoms with E-state index in [0.29, 0.717) is 0 Å². The molecule has 112 valence electrons. The van der Waals surface area contributed by atoms with E-state index < -0.39 is 0 Å². The Balaban J connectivity index is 1.59. The molecular weight excluding hydrogens is 266 g/mol. The van der Waals surface area contributed by atoms with E-state index in [1.807, 2.05) is 18.2 Å². The summed E-state index contributed by atoms with van der Waals surface area (Å²) in [7, 11) is 0. The predicted octanol–water partition coefficient (Wildman–Crippen LogP) is 3.33. The third-order valence-corrected chi connectivity index (χ3v) is 3.67. The number of fused-ring (bicyclic) bond motifs is 1. The molecule has 0 amide bonds. The maximum absolute atomic E-state index is 5.73. The Morgan fingerprint density at radius 3 is 2.81 bits per heavy atom. The fourth-order valence-electron chi connectivity index (χ4n) is 2.43. The van der Waals surface area contributed by atoms with Crippen molar-refractivity contribution in [2.45, 2.75) is 25.8 Å². The van der Waals surface area contributed by atoms with Crippen molar-refractivity contribution in [1.29, 1.82) is 0 Å². The van der Waals surface area contributed by atoms with Crippen molar-refractivity contribution in [2.24, 2.45) is 0 Å². The van der Waals surface area contributed by atoms with Gasteiger partial charge in [0.15, 0.2) is 11.5 Å². The van der Waals surface area contributed by atoms with Gasteiger partial charge in [-0.25, -0.2) is 0 Å². The number of ether oxygens (including phenoxy) is 2. The molecule has 0 saturated carbocycles. The summed E-state index contributed by atoms with van der Waals surface area (Å²) < 4.78 is 16.7. The average Bonchev–Trinajstić information content (AvgIpc) is 2.90. The van der Waals surface area contributed by atoms with Crippen molar-refractivity contribution in [3.8, 4) is 11.5 Å². The number of nitrogens with one attached hydrogen (secondary N) is 1. The predicted molar refractivity (Wildman–Crippen MR) is 80.9 cm³/mol. The summed E-state index contributed by atoms with van der Waals surface area (Å²) >= 11 is 0. The van der Waals surface area contributed by atoms with E-state index in [2.05, 4.69) is 24.4 Å². The van der Waals surface area contributed by atoms with Gasteiger partial charge in [-0.05, 0) is 36.8 Å². The molecule has 0 saturated heterocycles. The minimum Gasteiger partial charge on any atom is -0.490 e. The molecule has 0 radical (unpaired) electrons. The lowest BCUT2D eigenvalue weighted by molar-refractivity contribution is 0.297. The quantitative estimate of drug-likeness (QED) is 0.916. The number of rotatable bonds is 5.